The monoisotopic (exact) mass is 324 g/mol. The molecule has 3 heteroatoms. The number of amides is 1. The van der Waals surface area contributed by atoms with Crippen LogP contribution in [0.5, 0.6) is 0 Å². The lowest BCUT2D eigenvalue weighted by Crippen LogP contribution is -2.14. The van der Waals surface area contributed by atoms with Crippen LogP contribution in [0.4, 0.5) is 5.69 Å². The van der Waals surface area contributed by atoms with Crippen LogP contribution in [-0.2, 0) is 11.2 Å². The van der Waals surface area contributed by atoms with E-state index in [1.165, 1.54) is 11.1 Å². The van der Waals surface area contributed by atoms with Crippen LogP contribution in [0.2, 0.25) is 0 Å². The Kier molecular flexibility index (Phi) is 6.53. The van der Waals surface area contributed by atoms with E-state index < -0.39 is 0 Å². The fraction of sp³-hybridized carbons (Fsp3) is 0.429. The molecule has 0 spiro atoms. The third-order valence-electron chi connectivity index (χ3n) is 4.20. The normalized spacial score (nSPS) is 11.1. The van der Waals surface area contributed by atoms with E-state index in [1.807, 2.05) is 24.3 Å². The van der Waals surface area contributed by atoms with Gasteiger partial charge in [0.15, 0.2) is 0 Å². The summed E-state index contributed by atoms with van der Waals surface area (Å²) in [6.45, 7) is 8.71. The number of nitrogens with one attached hydrogen (secondary N) is 1. The first kappa shape index (κ1) is 18.2. The van der Waals surface area contributed by atoms with Crippen molar-refractivity contribution in [2.75, 3.05) is 5.32 Å². The zero-order chi connectivity index (χ0) is 17.5. The largest absolute Gasteiger partial charge is 0.326 e. The number of rotatable bonds is 7. The van der Waals surface area contributed by atoms with Gasteiger partial charge in [0.25, 0.3) is 0 Å². The molecule has 2 aromatic rings. The van der Waals surface area contributed by atoms with Gasteiger partial charge in [0, 0.05) is 24.0 Å². The molecular weight excluding hydrogens is 296 g/mol. The van der Waals surface area contributed by atoms with Gasteiger partial charge in [-0.3, -0.25) is 9.78 Å². The van der Waals surface area contributed by atoms with E-state index in [4.69, 9.17) is 0 Å². The van der Waals surface area contributed by atoms with Crippen LogP contribution < -0.4 is 5.32 Å². The molecule has 2 rings (SSSR count). The van der Waals surface area contributed by atoms with Crippen LogP contribution in [-0.4, -0.2) is 10.9 Å². The number of carbonyl (C=O) groups excluding carboxylic acids is 1. The van der Waals surface area contributed by atoms with Gasteiger partial charge in [0.2, 0.25) is 5.91 Å². The van der Waals surface area contributed by atoms with Crippen LogP contribution in [0, 0.1) is 0 Å². The molecule has 128 valence electrons. The van der Waals surface area contributed by atoms with E-state index in [-0.39, 0.29) is 5.91 Å². The number of hydrogen-bond acceptors (Lipinski definition) is 2. The van der Waals surface area contributed by atoms with Crippen molar-refractivity contribution in [3.8, 4) is 0 Å². The lowest BCUT2D eigenvalue weighted by molar-refractivity contribution is -0.116. The highest BCUT2D eigenvalue weighted by Crippen LogP contribution is 2.28. The summed E-state index contributed by atoms with van der Waals surface area (Å²) in [4.78, 5) is 16.6. The SMILES string of the molecule is CC(C)c1ccc(NC(=O)CCCc2ccccn2)c(C(C)C)c1. The van der Waals surface area contributed by atoms with Crippen LogP contribution in [0.1, 0.15) is 69.2 Å². The van der Waals surface area contributed by atoms with E-state index in [2.05, 4.69) is 50.1 Å². The minimum atomic E-state index is 0.0742. The number of aromatic nitrogens is 1. The molecule has 0 fully saturated rings. The Bertz CT molecular complexity index is 663. The smallest absolute Gasteiger partial charge is 0.224 e. The van der Waals surface area contributed by atoms with Crippen molar-refractivity contribution in [1.82, 2.24) is 4.98 Å². The molecule has 0 aliphatic carbocycles. The Hall–Kier alpha value is -2.16. The topological polar surface area (TPSA) is 42.0 Å². The number of nitrogens with zero attached hydrogens (tertiary/aromatic N) is 1. The van der Waals surface area contributed by atoms with Crippen LogP contribution >= 0.6 is 0 Å². The van der Waals surface area contributed by atoms with Gasteiger partial charge >= 0.3 is 0 Å². The standard InChI is InChI=1S/C21H28N2O/c1-15(2)17-11-12-20(19(14-17)16(3)4)23-21(24)10-7-9-18-8-5-6-13-22-18/h5-6,8,11-16H,7,9-10H2,1-4H3,(H,23,24). The minimum absolute atomic E-state index is 0.0742. The van der Waals surface area contributed by atoms with Crippen molar-refractivity contribution in [3.05, 3.63) is 59.4 Å². The molecule has 0 saturated heterocycles. The van der Waals surface area contributed by atoms with E-state index in [0.717, 1.165) is 24.2 Å². The van der Waals surface area contributed by atoms with Gasteiger partial charge in [-0.25, -0.2) is 0 Å². The molecule has 0 bridgehead atoms. The maximum Gasteiger partial charge on any atom is 0.224 e. The van der Waals surface area contributed by atoms with Gasteiger partial charge in [0.1, 0.15) is 0 Å². The van der Waals surface area contributed by atoms with Crippen LogP contribution in [0.3, 0.4) is 0 Å². The van der Waals surface area contributed by atoms with Crippen molar-refractivity contribution in [2.24, 2.45) is 0 Å². The Morgan fingerprint density at radius 3 is 2.50 bits per heavy atom. The molecule has 0 aliphatic heterocycles. The fourth-order valence-electron chi connectivity index (χ4n) is 2.72. The molecule has 1 heterocycles. The summed E-state index contributed by atoms with van der Waals surface area (Å²) >= 11 is 0. The Morgan fingerprint density at radius 2 is 1.88 bits per heavy atom. The predicted octanol–water partition coefficient (Wildman–Crippen LogP) is 5.29. The molecule has 0 atom stereocenters. The van der Waals surface area contributed by atoms with E-state index in [1.54, 1.807) is 6.20 Å². The van der Waals surface area contributed by atoms with E-state index in [0.29, 0.717) is 18.3 Å². The molecule has 1 aromatic heterocycles. The predicted molar refractivity (Wildman–Crippen MR) is 100 cm³/mol. The third-order valence-corrected chi connectivity index (χ3v) is 4.20. The number of benzene rings is 1. The molecular formula is C21H28N2O. The molecule has 1 amide bonds. The second kappa shape index (κ2) is 8.62. The van der Waals surface area contributed by atoms with E-state index in [9.17, 15) is 4.79 Å². The maximum absolute atomic E-state index is 12.3. The summed E-state index contributed by atoms with van der Waals surface area (Å²) < 4.78 is 0. The van der Waals surface area contributed by atoms with Crippen molar-refractivity contribution >= 4 is 11.6 Å². The summed E-state index contributed by atoms with van der Waals surface area (Å²) in [5, 5.41) is 3.08. The highest BCUT2D eigenvalue weighted by atomic mass is 16.1. The zero-order valence-corrected chi connectivity index (χ0v) is 15.2. The highest BCUT2D eigenvalue weighted by molar-refractivity contribution is 5.91. The summed E-state index contributed by atoms with van der Waals surface area (Å²) in [6, 6.07) is 12.3. The molecule has 0 unspecified atom stereocenters. The Morgan fingerprint density at radius 1 is 1.08 bits per heavy atom. The fourth-order valence-corrected chi connectivity index (χ4v) is 2.72. The van der Waals surface area contributed by atoms with Gasteiger partial charge in [-0.1, -0.05) is 45.9 Å². The van der Waals surface area contributed by atoms with Gasteiger partial charge in [-0.05, 0) is 54.0 Å². The van der Waals surface area contributed by atoms with Crippen LogP contribution in [0.25, 0.3) is 0 Å². The molecule has 0 radical (unpaired) electrons. The lowest BCUT2D eigenvalue weighted by atomic mass is 9.94. The first-order valence-electron chi connectivity index (χ1n) is 8.81. The number of anilines is 1. The summed E-state index contributed by atoms with van der Waals surface area (Å²) in [5.74, 6) is 0.947. The number of pyridine rings is 1. The minimum Gasteiger partial charge on any atom is -0.326 e. The molecule has 1 N–H and O–H groups in total. The van der Waals surface area contributed by atoms with Gasteiger partial charge < -0.3 is 5.32 Å². The third kappa shape index (κ3) is 5.19. The highest BCUT2D eigenvalue weighted by Gasteiger charge is 2.12. The van der Waals surface area contributed by atoms with E-state index >= 15 is 0 Å². The molecule has 24 heavy (non-hydrogen) atoms. The van der Waals surface area contributed by atoms with Crippen molar-refractivity contribution in [3.63, 3.8) is 0 Å². The van der Waals surface area contributed by atoms with Gasteiger partial charge in [0.05, 0.1) is 0 Å². The Labute approximate surface area is 145 Å². The number of carbonyl (C=O) groups is 1. The second-order valence-corrected chi connectivity index (χ2v) is 6.88. The maximum atomic E-state index is 12.3. The quantitative estimate of drug-likeness (QED) is 0.752. The second-order valence-electron chi connectivity index (χ2n) is 6.88. The van der Waals surface area contributed by atoms with Crippen molar-refractivity contribution < 1.29 is 4.79 Å². The summed E-state index contributed by atoms with van der Waals surface area (Å²) in [6.07, 6.45) is 3.95. The molecule has 0 saturated carbocycles. The zero-order valence-electron chi connectivity index (χ0n) is 15.2. The summed E-state index contributed by atoms with van der Waals surface area (Å²) in [5.41, 5.74) is 4.50. The Balaban J connectivity index is 1.95. The molecule has 0 aliphatic rings. The van der Waals surface area contributed by atoms with Crippen molar-refractivity contribution in [2.45, 2.75) is 58.8 Å². The summed E-state index contributed by atoms with van der Waals surface area (Å²) in [7, 11) is 0. The average Bonchev–Trinajstić information content (AvgIpc) is 2.55. The molecule has 1 aromatic carbocycles. The van der Waals surface area contributed by atoms with Crippen LogP contribution in [0.15, 0.2) is 42.6 Å². The first-order valence-corrected chi connectivity index (χ1v) is 8.81. The van der Waals surface area contributed by atoms with Gasteiger partial charge in [-0.15, -0.1) is 0 Å². The number of aryl methyl sites for hydroxylation is 1. The van der Waals surface area contributed by atoms with Crippen molar-refractivity contribution in [1.29, 1.82) is 0 Å². The molecule has 3 nitrogen and oxygen atoms in total. The van der Waals surface area contributed by atoms with Gasteiger partial charge in [-0.2, -0.15) is 0 Å². The number of hydrogen-bond donors (Lipinski definition) is 1. The first-order chi connectivity index (χ1) is 11.5. The average molecular weight is 324 g/mol. The lowest BCUT2D eigenvalue weighted by Gasteiger charge is -2.17.